The van der Waals surface area contributed by atoms with Crippen LogP contribution in [0.1, 0.15) is 12.1 Å². The predicted octanol–water partition coefficient (Wildman–Crippen LogP) is 3.11. The van der Waals surface area contributed by atoms with E-state index in [1.807, 2.05) is 0 Å². The van der Waals surface area contributed by atoms with Crippen molar-refractivity contribution in [3.63, 3.8) is 0 Å². The third-order valence-corrected chi connectivity index (χ3v) is 4.56. The van der Waals surface area contributed by atoms with E-state index in [0.29, 0.717) is 12.0 Å². The molecule has 4 rings (SSSR count). The molecule has 2 unspecified atom stereocenters. The zero-order chi connectivity index (χ0) is 14.2. The molecule has 2 heteroatoms. The minimum atomic E-state index is 0.449. The standard InChI is InChI=1S/C19H18N2/c1-21-18-9-5-3-6-14(18)10-11-19(21)16-12-15-7-2-4-8-17(15)20-13-16/h2-11,13,15,17H,12H2,1H3/p+1. The Morgan fingerprint density at radius 1 is 1.05 bits per heavy atom. The monoisotopic (exact) mass is 275 g/mol. The molecule has 2 aliphatic rings. The second-order valence-corrected chi connectivity index (χ2v) is 5.84. The Hall–Kier alpha value is -2.35. The lowest BCUT2D eigenvalue weighted by atomic mass is 9.85. The van der Waals surface area contributed by atoms with E-state index in [-0.39, 0.29) is 0 Å². The normalized spacial score (nSPS) is 23.6. The number of nitrogens with one attached hydrogen (secondary N) is 1. The van der Waals surface area contributed by atoms with Gasteiger partial charge in [0.2, 0.25) is 11.2 Å². The lowest BCUT2D eigenvalue weighted by Crippen LogP contribution is -2.39. The summed E-state index contributed by atoms with van der Waals surface area (Å²) in [5.41, 5.74) is 3.95. The van der Waals surface area contributed by atoms with E-state index in [0.717, 1.165) is 6.42 Å². The highest BCUT2D eigenvalue weighted by atomic mass is 15.0. The number of hydrogen-bond donors (Lipinski definition) is 1. The highest BCUT2D eigenvalue weighted by Gasteiger charge is 2.27. The molecule has 0 spiro atoms. The first-order valence-electron chi connectivity index (χ1n) is 7.51. The van der Waals surface area contributed by atoms with Crippen molar-refractivity contribution in [2.24, 2.45) is 13.0 Å². The first kappa shape index (κ1) is 12.4. The summed E-state index contributed by atoms with van der Waals surface area (Å²) in [7, 11) is 2.15. The molecule has 2 heterocycles. The van der Waals surface area contributed by atoms with Crippen LogP contribution in [0.2, 0.25) is 0 Å². The first-order valence-corrected chi connectivity index (χ1v) is 7.51. The summed E-state index contributed by atoms with van der Waals surface area (Å²) in [5, 5.41) is 4.82. The number of rotatable bonds is 1. The van der Waals surface area contributed by atoms with Crippen LogP contribution in [0.3, 0.4) is 0 Å². The van der Waals surface area contributed by atoms with Gasteiger partial charge in [-0.1, -0.05) is 36.4 Å². The van der Waals surface area contributed by atoms with E-state index in [9.17, 15) is 0 Å². The third kappa shape index (κ3) is 2.07. The number of nitrogens with zero attached hydrogens (tertiary/aromatic N) is 1. The van der Waals surface area contributed by atoms with E-state index < -0.39 is 0 Å². The van der Waals surface area contributed by atoms with Crippen molar-refractivity contribution < 1.29 is 4.57 Å². The quantitative estimate of drug-likeness (QED) is 0.791. The van der Waals surface area contributed by atoms with Crippen LogP contribution in [-0.2, 0) is 7.05 Å². The van der Waals surface area contributed by atoms with Crippen LogP contribution in [0.25, 0.3) is 16.5 Å². The maximum atomic E-state index is 3.53. The Morgan fingerprint density at radius 3 is 2.86 bits per heavy atom. The average molecular weight is 275 g/mol. The number of hydrogen-bond acceptors (Lipinski definition) is 1. The SMILES string of the molecule is C[n+]1c(C2=CNC3C=CC=CC3C2)ccc2ccccc21. The van der Waals surface area contributed by atoms with Gasteiger partial charge in [0, 0.05) is 35.2 Å². The largest absolute Gasteiger partial charge is 0.384 e. The molecule has 1 aliphatic heterocycles. The topological polar surface area (TPSA) is 15.9 Å². The van der Waals surface area contributed by atoms with Crippen molar-refractivity contribution in [2.75, 3.05) is 0 Å². The summed E-state index contributed by atoms with van der Waals surface area (Å²) in [6.07, 6.45) is 12.1. The molecule has 21 heavy (non-hydrogen) atoms. The van der Waals surface area contributed by atoms with Crippen LogP contribution in [0.15, 0.2) is 66.9 Å². The molecule has 0 radical (unpaired) electrons. The number of aromatic nitrogens is 1. The fourth-order valence-electron chi connectivity index (χ4n) is 3.38. The van der Waals surface area contributed by atoms with Gasteiger partial charge in [0.25, 0.3) is 0 Å². The summed E-state index contributed by atoms with van der Waals surface area (Å²) in [6.45, 7) is 0. The van der Waals surface area contributed by atoms with Gasteiger partial charge in [0.1, 0.15) is 7.05 Å². The molecule has 1 aromatic heterocycles. The Balaban J connectivity index is 1.77. The summed E-state index contributed by atoms with van der Waals surface area (Å²) >= 11 is 0. The molecular weight excluding hydrogens is 256 g/mol. The predicted molar refractivity (Wildman–Crippen MR) is 86.4 cm³/mol. The van der Waals surface area contributed by atoms with Crippen LogP contribution in [0.5, 0.6) is 0 Å². The van der Waals surface area contributed by atoms with Gasteiger partial charge in [-0.05, 0) is 18.6 Å². The average Bonchev–Trinajstić information content (AvgIpc) is 2.55. The van der Waals surface area contributed by atoms with Crippen LogP contribution in [0, 0.1) is 5.92 Å². The highest BCUT2D eigenvalue weighted by Crippen LogP contribution is 2.29. The van der Waals surface area contributed by atoms with E-state index in [1.54, 1.807) is 0 Å². The molecule has 1 N–H and O–H groups in total. The molecule has 1 aliphatic carbocycles. The molecule has 0 saturated heterocycles. The Kier molecular flexibility index (Phi) is 2.88. The van der Waals surface area contributed by atoms with Crippen LogP contribution < -0.4 is 9.88 Å². The number of para-hydroxylation sites is 1. The van der Waals surface area contributed by atoms with Gasteiger partial charge in [-0.25, -0.2) is 0 Å². The Bertz CT molecular complexity index is 783. The van der Waals surface area contributed by atoms with Crippen LogP contribution >= 0.6 is 0 Å². The van der Waals surface area contributed by atoms with Crippen molar-refractivity contribution in [1.29, 1.82) is 0 Å². The lowest BCUT2D eigenvalue weighted by Gasteiger charge is -2.29. The van der Waals surface area contributed by atoms with Gasteiger partial charge in [0.15, 0.2) is 0 Å². The van der Waals surface area contributed by atoms with Gasteiger partial charge in [-0.15, -0.1) is 0 Å². The molecule has 104 valence electrons. The minimum Gasteiger partial charge on any atom is -0.384 e. The molecule has 1 aromatic carbocycles. The minimum absolute atomic E-state index is 0.449. The molecule has 2 aromatic rings. The number of pyridine rings is 1. The first-order chi connectivity index (χ1) is 10.3. The second-order valence-electron chi connectivity index (χ2n) is 5.84. The summed E-state index contributed by atoms with van der Waals surface area (Å²) in [6, 6.07) is 13.4. The molecule has 2 atom stereocenters. The number of fused-ring (bicyclic) bond motifs is 2. The van der Waals surface area contributed by atoms with Crippen LogP contribution in [0.4, 0.5) is 0 Å². The third-order valence-electron chi connectivity index (χ3n) is 4.56. The molecule has 2 nitrogen and oxygen atoms in total. The zero-order valence-corrected chi connectivity index (χ0v) is 12.2. The number of benzene rings is 1. The molecule has 0 bridgehead atoms. The van der Waals surface area contributed by atoms with Crippen molar-refractivity contribution in [3.8, 4) is 0 Å². The smallest absolute Gasteiger partial charge is 0.212 e. The van der Waals surface area contributed by atoms with Crippen molar-refractivity contribution >= 4 is 16.5 Å². The van der Waals surface area contributed by atoms with E-state index in [4.69, 9.17) is 0 Å². The summed E-state index contributed by atoms with van der Waals surface area (Å²) in [5.74, 6) is 0.557. The number of aryl methyl sites for hydroxylation is 1. The molecule has 0 fully saturated rings. The molecule has 0 amide bonds. The van der Waals surface area contributed by atoms with Gasteiger partial charge in [0.05, 0.1) is 6.04 Å². The van der Waals surface area contributed by atoms with Gasteiger partial charge < -0.3 is 5.32 Å². The fourth-order valence-corrected chi connectivity index (χ4v) is 3.38. The number of allylic oxidation sites excluding steroid dienone is 3. The Morgan fingerprint density at radius 2 is 1.90 bits per heavy atom. The van der Waals surface area contributed by atoms with Gasteiger partial charge >= 0.3 is 0 Å². The Labute approximate surface area is 125 Å². The van der Waals surface area contributed by atoms with Crippen molar-refractivity contribution in [3.05, 3.63) is 72.6 Å². The molecular formula is C19H19N2+. The molecule has 0 saturated carbocycles. The zero-order valence-electron chi connectivity index (χ0n) is 12.2. The maximum Gasteiger partial charge on any atom is 0.212 e. The highest BCUT2D eigenvalue weighted by molar-refractivity contribution is 5.77. The van der Waals surface area contributed by atoms with Gasteiger partial charge in [-0.3, -0.25) is 0 Å². The summed E-state index contributed by atoms with van der Waals surface area (Å²) in [4.78, 5) is 0. The summed E-state index contributed by atoms with van der Waals surface area (Å²) < 4.78 is 2.30. The van der Waals surface area contributed by atoms with Crippen molar-refractivity contribution in [2.45, 2.75) is 12.5 Å². The van der Waals surface area contributed by atoms with E-state index in [1.165, 1.54) is 22.2 Å². The van der Waals surface area contributed by atoms with E-state index in [2.05, 4.69) is 83.8 Å². The van der Waals surface area contributed by atoms with E-state index >= 15 is 0 Å². The van der Waals surface area contributed by atoms with Crippen LogP contribution in [-0.4, -0.2) is 6.04 Å². The lowest BCUT2D eigenvalue weighted by molar-refractivity contribution is -0.647. The fraction of sp³-hybridized carbons (Fsp3) is 0.211. The second kappa shape index (κ2) is 4.88. The maximum absolute atomic E-state index is 3.53. The van der Waals surface area contributed by atoms with Crippen molar-refractivity contribution in [1.82, 2.24) is 5.32 Å². The van der Waals surface area contributed by atoms with Gasteiger partial charge in [-0.2, -0.15) is 4.57 Å².